The van der Waals surface area contributed by atoms with Gasteiger partial charge in [0.25, 0.3) is 0 Å². The zero-order valence-electron chi connectivity index (χ0n) is 19.1. The molecule has 0 bridgehead atoms. The summed E-state index contributed by atoms with van der Waals surface area (Å²) in [6.45, 7) is 6.32. The highest BCUT2D eigenvalue weighted by Gasteiger charge is 2.53. The number of hydrogen-bond acceptors (Lipinski definition) is 5. The minimum atomic E-state index is -0.390. The normalized spacial score (nSPS) is 27.0. The smallest absolute Gasteiger partial charge is 0.164 e. The molecule has 0 spiro atoms. The first-order valence-electron chi connectivity index (χ1n) is 11.4. The minimum Gasteiger partial charge on any atom is -0.374 e. The summed E-state index contributed by atoms with van der Waals surface area (Å²) in [5, 5.41) is 0. The fourth-order valence-electron chi connectivity index (χ4n) is 5.86. The predicted octanol–water partition coefficient (Wildman–Crippen LogP) is 4.96. The van der Waals surface area contributed by atoms with E-state index >= 15 is 0 Å². The third-order valence-electron chi connectivity index (χ3n) is 7.54. The maximum atomic E-state index is 12.9. The molecule has 2 aliphatic carbocycles. The van der Waals surface area contributed by atoms with E-state index in [0.29, 0.717) is 12.2 Å². The van der Waals surface area contributed by atoms with Crippen LogP contribution in [0.2, 0.25) is 0 Å². The van der Waals surface area contributed by atoms with E-state index in [0.717, 1.165) is 41.1 Å². The molecule has 5 nitrogen and oxygen atoms in total. The highest BCUT2D eigenvalue weighted by atomic mass is 16.5. The van der Waals surface area contributed by atoms with Crippen molar-refractivity contribution in [3.05, 3.63) is 65.6 Å². The summed E-state index contributed by atoms with van der Waals surface area (Å²) in [7, 11) is 1.64. The summed E-state index contributed by atoms with van der Waals surface area (Å²) < 4.78 is 5.65. The number of nitrogens with zero attached hydrogens (tertiary/aromatic N) is 3. The molecule has 2 aliphatic rings. The standard InChI is InChI=1S/C27H29N3O2/c1-16-14-19(12-13-28-16)26-29-23(18-8-6-5-7-9-18)20-10-11-21-17(2)24(31)22(32-4)15-27(21,3)25(20)30-26/h5-9,12-14,17,21-22H,10-11,15H2,1-4H3/t17-,21-,22?,27-/m1/s1. The number of hydrogen-bond donors (Lipinski definition) is 0. The fourth-order valence-corrected chi connectivity index (χ4v) is 5.86. The van der Waals surface area contributed by atoms with Gasteiger partial charge in [-0.05, 0) is 44.2 Å². The van der Waals surface area contributed by atoms with Crippen molar-refractivity contribution >= 4 is 5.78 Å². The Hall–Kier alpha value is -2.92. The van der Waals surface area contributed by atoms with Crippen molar-refractivity contribution < 1.29 is 9.53 Å². The zero-order chi connectivity index (χ0) is 22.5. The Balaban J connectivity index is 1.75. The Kier molecular flexibility index (Phi) is 5.17. The Morgan fingerprint density at radius 2 is 1.88 bits per heavy atom. The molecule has 5 heteroatoms. The Bertz CT molecular complexity index is 1180. The quantitative estimate of drug-likeness (QED) is 0.591. The van der Waals surface area contributed by atoms with E-state index in [4.69, 9.17) is 14.7 Å². The molecule has 0 saturated heterocycles. The number of carbonyl (C=O) groups excluding carboxylic acids is 1. The van der Waals surface area contributed by atoms with Gasteiger partial charge >= 0.3 is 0 Å². The van der Waals surface area contributed by atoms with Crippen molar-refractivity contribution in [3.63, 3.8) is 0 Å². The van der Waals surface area contributed by atoms with Crippen LogP contribution in [0.15, 0.2) is 48.7 Å². The molecular formula is C27H29N3O2. The van der Waals surface area contributed by atoms with Crippen LogP contribution < -0.4 is 0 Å². The molecule has 0 aliphatic heterocycles. The molecule has 0 N–H and O–H groups in total. The first-order valence-corrected chi connectivity index (χ1v) is 11.4. The number of Topliss-reactive ketones (excluding diaryl/α,β-unsaturated/α-hetero) is 1. The molecule has 0 radical (unpaired) electrons. The van der Waals surface area contributed by atoms with Gasteiger partial charge in [0, 0.05) is 47.0 Å². The fraction of sp³-hybridized carbons (Fsp3) is 0.407. The lowest BCUT2D eigenvalue weighted by Crippen LogP contribution is -2.53. The van der Waals surface area contributed by atoms with Crippen LogP contribution in [-0.4, -0.2) is 33.9 Å². The number of fused-ring (bicyclic) bond motifs is 3. The molecule has 164 valence electrons. The SMILES string of the molecule is COC1C[C@@]2(C)c3nc(-c4ccnc(C)c4)nc(-c4ccccc4)c3CC[C@@H]2[C@@H](C)C1=O. The number of methoxy groups -OCH3 is 1. The molecule has 1 fully saturated rings. The molecule has 5 rings (SSSR count). The van der Waals surface area contributed by atoms with E-state index in [2.05, 4.69) is 43.1 Å². The summed E-state index contributed by atoms with van der Waals surface area (Å²) >= 11 is 0. The van der Waals surface area contributed by atoms with E-state index in [-0.39, 0.29) is 29.1 Å². The first kappa shape index (κ1) is 21.0. The number of rotatable bonds is 3. The molecule has 0 amide bonds. The molecular weight excluding hydrogens is 398 g/mol. The van der Waals surface area contributed by atoms with Gasteiger partial charge in [-0.1, -0.05) is 44.2 Å². The van der Waals surface area contributed by atoms with Crippen LogP contribution in [0.1, 0.15) is 43.6 Å². The second kappa shape index (κ2) is 7.89. The first-order chi connectivity index (χ1) is 15.4. The number of aromatic nitrogens is 3. The Morgan fingerprint density at radius 1 is 1.09 bits per heavy atom. The van der Waals surface area contributed by atoms with Crippen LogP contribution in [0, 0.1) is 18.8 Å². The summed E-state index contributed by atoms with van der Waals surface area (Å²) in [5.74, 6) is 1.14. The monoisotopic (exact) mass is 427 g/mol. The topological polar surface area (TPSA) is 65.0 Å². The van der Waals surface area contributed by atoms with E-state index < -0.39 is 0 Å². The van der Waals surface area contributed by atoms with Gasteiger partial charge in [0.15, 0.2) is 11.6 Å². The molecule has 3 aromatic rings. The molecule has 32 heavy (non-hydrogen) atoms. The van der Waals surface area contributed by atoms with Gasteiger partial charge in [-0.15, -0.1) is 0 Å². The minimum absolute atomic E-state index is 0.0476. The number of carbonyl (C=O) groups is 1. The van der Waals surface area contributed by atoms with Gasteiger partial charge in [-0.3, -0.25) is 9.78 Å². The van der Waals surface area contributed by atoms with Crippen molar-refractivity contribution in [2.24, 2.45) is 11.8 Å². The van der Waals surface area contributed by atoms with Crippen molar-refractivity contribution in [2.75, 3.05) is 7.11 Å². The summed E-state index contributed by atoms with van der Waals surface area (Å²) in [5.41, 5.74) is 6.04. The lowest BCUT2D eigenvalue weighted by Gasteiger charge is -2.50. The molecule has 1 saturated carbocycles. The lowest BCUT2D eigenvalue weighted by molar-refractivity contribution is -0.143. The molecule has 2 aromatic heterocycles. The van der Waals surface area contributed by atoms with Gasteiger partial charge in [-0.2, -0.15) is 0 Å². The number of ether oxygens (including phenoxy) is 1. The van der Waals surface area contributed by atoms with Crippen molar-refractivity contribution in [1.29, 1.82) is 0 Å². The Labute approximate surface area is 189 Å². The van der Waals surface area contributed by atoms with E-state index in [1.807, 2.05) is 31.3 Å². The maximum Gasteiger partial charge on any atom is 0.164 e. The van der Waals surface area contributed by atoms with Gasteiger partial charge in [0.05, 0.1) is 11.4 Å². The average molecular weight is 428 g/mol. The van der Waals surface area contributed by atoms with E-state index in [1.54, 1.807) is 7.11 Å². The van der Waals surface area contributed by atoms with Gasteiger partial charge in [0.1, 0.15) is 6.10 Å². The lowest BCUT2D eigenvalue weighted by atomic mass is 9.55. The van der Waals surface area contributed by atoms with Gasteiger partial charge < -0.3 is 4.74 Å². The second-order valence-electron chi connectivity index (χ2n) is 9.46. The summed E-state index contributed by atoms with van der Waals surface area (Å²) in [6.07, 6.45) is 3.92. The largest absolute Gasteiger partial charge is 0.374 e. The summed E-state index contributed by atoms with van der Waals surface area (Å²) in [6, 6.07) is 14.4. The van der Waals surface area contributed by atoms with E-state index in [9.17, 15) is 4.79 Å². The predicted molar refractivity (Wildman–Crippen MR) is 124 cm³/mol. The molecule has 4 atom stereocenters. The van der Waals surface area contributed by atoms with Crippen LogP contribution in [0.3, 0.4) is 0 Å². The van der Waals surface area contributed by atoms with Gasteiger partial charge in [-0.25, -0.2) is 9.97 Å². The van der Waals surface area contributed by atoms with Gasteiger partial charge in [0.2, 0.25) is 0 Å². The number of pyridine rings is 1. The number of aryl methyl sites for hydroxylation is 1. The van der Waals surface area contributed by atoms with Crippen LogP contribution in [0.4, 0.5) is 0 Å². The Morgan fingerprint density at radius 3 is 2.59 bits per heavy atom. The molecule has 1 unspecified atom stereocenters. The third kappa shape index (κ3) is 3.27. The van der Waals surface area contributed by atoms with E-state index in [1.165, 1.54) is 5.56 Å². The highest BCUT2D eigenvalue weighted by Crippen LogP contribution is 2.52. The third-order valence-corrected chi connectivity index (χ3v) is 7.54. The number of benzene rings is 1. The van der Waals surface area contributed by atoms with Crippen molar-refractivity contribution in [2.45, 2.75) is 51.6 Å². The molecule has 2 heterocycles. The van der Waals surface area contributed by atoms with Crippen molar-refractivity contribution in [1.82, 2.24) is 15.0 Å². The van der Waals surface area contributed by atoms with Crippen LogP contribution in [-0.2, 0) is 21.4 Å². The van der Waals surface area contributed by atoms with Crippen LogP contribution in [0.25, 0.3) is 22.6 Å². The summed E-state index contributed by atoms with van der Waals surface area (Å²) in [4.78, 5) is 27.5. The van der Waals surface area contributed by atoms with Crippen LogP contribution >= 0.6 is 0 Å². The average Bonchev–Trinajstić information content (AvgIpc) is 2.81. The highest BCUT2D eigenvalue weighted by molar-refractivity contribution is 5.87. The van der Waals surface area contributed by atoms with Crippen LogP contribution in [0.5, 0.6) is 0 Å². The van der Waals surface area contributed by atoms with Crippen molar-refractivity contribution in [3.8, 4) is 22.6 Å². The second-order valence-corrected chi connectivity index (χ2v) is 9.46. The number of ketones is 1. The molecule has 1 aromatic carbocycles. The maximum absolute atomic E-state index is 12.9. The zero-order valence-corrected chi connectivity index (χ0v) is 19.1.